The summed E-state index contributed by atoms with van der Waals surface area (Å²) < 4.78 is 23.3. The Kier molecular flexibility index (Phi) is 4.98. The molecule has 0 aromatic rings. The van der Waals surface area contributed by atoms with Gasteiger partial charge in [-0.1, -0.05) is 0 Å². The maximum absolute atomic E-state index is 12.0. The van der Waals surface area contributed by atoms with Crippen molar-refractivity contribution in [1.82, 2.24) is 15.5 Å². The Morgan fingerprint density at radius 3 is 2.70 bits per heavy atom. The Labute approximate surface area is 119 Å². The molecule has 0 aromatic heterocycles. The van der Waals surface area contributed by atoms with E-state index < -0.39 is 26.9 Å². The van der Waals surface area contributed by atoms with Gasteiger partial charge in [0, 0.05) is 26.2 Å². The highest BCUT2D eigenvalue weighted by atomic mass is 32.2. The molecule has 2 saturated heterocycles. The summed E-state index contributed by atoms with van der Waals surface area (Å²) in [5.74, 6) is -1.09. The average molecular weight is 303 g/mol. The molecule has 2 N–H and O–H groups in total. The summed E-state index contributed by atoms with van der Waals surface area (Å²) in [5, 5.41) is 5.08. The van der Waals surface area contributed by atoms with Crippen LogP contribution in [0.4, 0.5) is 0 Å². The number of rotatable bonds is 2. The van der Waals surface area contributed by atoms with Gasteiger partial charge in [-0.2, -0.15) is 0 Å². The Balaban J connectivity index is 1.83. The van der Waals surface area contributed by atoms with Crippen molar-refractivity contribution < 1.29 is 18.0 Å². The second kappa shape index (κ2) is 6.53. The number of sulfone groups is 1. The van der Waals surface area contributed by atoms with Crippen LogP contribution in [-0.2, 0) is 19.4 Å². The van der Waals surface area contributed by atoms with Gasteiger partial charge in [-0.25, -0.2) is 8.42 Å². The third kappa shape index (κ3) is 3.69. The van der Waals surface area contributed by atoms with E-state index in [0.29, 0.717) is 32.5 Å². The van der Waals surface area contributed by atoms with Gasteiger partial charge in [0.15, 0.2) is 9.84 Å². The zero-order valence-electron chi connectivity index (χ0n) is 11.4. The minimum absolute atomic E-state index is 0.0407. The molecule has 0 radical (unpaired) electrons. The fourth-order valence-electron chi connectivity index (χ4n) is 2.56. The minimum Gasteiger partial charge on any atom is -0.347 e. The van der Waals surface area contributed by atoms with Crippen molar-refractivity contribution in [3.05, 3.63) is 0 Å². The molecule has 2 fully saturated rings. The van der Waals surface area contributed by atoms with Crippen LogP contribution in [0.3, 0.4) is 0 Å². The molecule has 0 aliphatic carbocycles. The number of hydrogen-bond donors (Lipinski definition) is 2. The summed E-state index contributed by atoms with van der Waals surface area (Å²) in [5.41, 5.74) is 0. The van der Waals surface area contributed by atoms with E-state index in [0.717, 1.165) is 13.0 Å². The minimum atomic E-state index is -3.09. The van der Waals surface area contributed by atoms with Gasteiger partial charge in [0.2, 0.25) is 0 Å². The number of carbonyl (C=O) groups is 2. The van der Waals surface area contributed by atoms with Gasteiger partial charge < -0.3 is 15.5 Å². The van der Waals surface area contributed by atoms with E-state index in [4.69, 9.17) is 0 Å². The number of hydrogen-bond acceptors (Lipinski definition) is 5. The molecule has 8 heteroatoms. The standard InChI is InChI=1S/C12H21N3O4S/c16-11(12(17)15-6-2-4-13-5-7-15)14-9-10-3-1-8-20(10,18)19/h10,13H,1-9H2,(H,14,16). The Hall–Kier alpha value is -1.15. The van der Waals surface area contributed by atoms with Crippen LogP contribution in [0.25, 0.3) is 0 Å². The van der Waals surface area contributed by atoms with Crippen LogP contribution in [0.1, 0.15) is 19.3 Å². The smallest absolute Gasteiger partial charge is 0.311 e. The molecule has 20 heavy (non-hydrogen) atoms. The lowest BCUT2D eigenvalue weighted by Gasteiger charge is -2.19. The van der Waals surface area contributed by atoms with Gasteiger partial charge >= 0.3 is 11.8 Å². The van der Waals surface area contributed by atoms with Gasteiger partial charge in [0.1, 0.15) is 0 Å². The van der Waals surface area contributed by atoms with E-state index >= 15 is 0 Å². The first-order valence-electron chi connectivity index (χ1n) is 7.00. The highest BCUT2D eigenvalue weighted by Crippen LogP contribution is 2.18. The third-order valence-corrected chi connectivity index (χ3v) is 6.05. The molecule has 0 bridgehead atoms. The second-order valence-corrected chi connectivity index (χ2v) is 7.64. The molecule has 2 rings (SSSR count). The van der Waals surface area contributed by atoms with Crippen molar-refractivity contribution in [3.63, 3.8) is 0 Å². The SMILES string of the molecule is O=C(NCC1CCCS1(=O)=O)C(=O)N1CCCNCC1. The number of nitrogens with zero attached hydrogens (tertiary/aromatic N) is 1. The molecule has 7 nitrogen and oxygen atoms in total. The van der Waals surface area contributed by atoms with Gasteiger partial charge in [0.05, 0.1) is 11.0 Å². The quantitative estimate of drug-likeness (QED) is 0.606. The Morgan fingerprint density at radius 1 is 1.20 bits per heavy atom. The maximum Gasteiger partial charge on any atom is 0.311 e. The van der Waals surface area contributed by atoms with Crippen molar-refractivity contribution in [3.8, 4) is 0 Å². The summed E-state index contributed by atoms with van der Waals surface area (Å²) in [6.07, 6.45) is 2.01. The molecule has 2 heterocycles. The molecule has 1 unspecified atom stereocenters. The van der Waals surface area contributed by atoms with Crippen molar-refractivity contribution in [2.45, 2.75) is 24.5 Å². The molecule has 2 amide bonds. The van der Waals surface area contributed by atoms with Crippen LogP contribution in [0, 0.1) is 0 Å². The molecule has 0 saturated carbocycles. The van der Waals surface area contributed by atoms with Gasteiger partial charge in [-0.3, -0.25) is 9.59 Å². The van der Waals surface area contributed by atoms with Crippen LogP contribution in [0.15, 0.2) is 0 Å². The maximum atomic E-state index is 12.0. The van der Waals surface area contributed by atoms with Crippen LogP contribution in [0.5, 0.6) is 0 Å². The summed E-state index contributed by atoms with van der Waals surface area (Å²) >= 11 is 0. The number of carbonyl (C=O) groups excluding carboxylic acids is 2. The first-order valence-corrected chi connectivity index (χ1v) is 8.71. The van der Waals surface area contributed by atoms with Crippen molar-refractivity contribution in [2.24, 2.45) is 0 Å². The largest absolute Gasteiger partial charge is 0.347 e. The van der Waals surface area contributed by atoms with E-state index in [2.05, 4.69) is 10.6 Å². The van der Waals surface area contributed by atoms with Crippen LogP contribution >= 0.6 is 0 Å². The van der Waals surface area contributed by atoms with E-state index in [9.17, 15) is 18.0 Å². The topological polar surface area (TPSA) is 95.6 Å². The highest BCUT2D eigenvalue weighted by molar-refractivity contribution is 7.92. The predicted molar refractivity (Wildman–Crippen MR) is 73.9 cm³/mol. The highest BCUT2D eigenvalue weighted by Gasteiger charge is 2.32. The normalized spacial score (nSPS) is 26.0. The molecule has 114 valence electrons. The Morgan fingerprint density at radius 2 is 2.00 bits per heavy atom. The van der Waals surface area contributed by atoms with Crippen molar-refractivity contribution in [1.29, 1.82) is 0 Å². The zero-order valence-corrected chi connectivity index (χ0v) is 12.2. The molecular formula is C12H21N3O4S. The molecule has 2 aliphatic heterocycles. The van der Waals surface area contributed by atoms with E-state index in [1.54, 1.807) is 0 Å². The first kappa shape index (κ1) is 15.2. The lowest BCUT2D eigenvalue weighted by atomic mass is 10.2. The van der Waals surface area contributed by atoms with E-state index in [1.807, 2.05) is 0 Å². The lowest BCUT2D eigenvalue weighted by Crippen LogP contribution is -2.46. The zero-order chi connectivity index (χ0) is 14.6. The summed E-state index contributed by atoms with van der Waals surface area (Å²) in [7, 11) is -3.09. The lowest BCUT2D eigenvalue weighted by molar-refractivity contribution is -0.145. The fourth-order valence-corrected chi connectivity index (χ4v) is 4.33. The molecule has 0 aromatic carbocycles. The van der Waals surface area contributed by atoms with E-state index in [1.165, 1.54) is 4.90 Å². The second-order valence-electron chi connectivity index (χ2n) is 5.24. The fraction of sp³-hybridized carbons (Fsp3) is 0.833. The summed E-state index contributed by atoms with van der Waals surface area (Å²) in [6.45, 7) is 2.62. The molecular weight excluding hydrogens is 282 g/mol. The van der Waals surface area contributed by atoms with Gasteiger partial charge in [-0.05, 0) is 25.8 Å². The average Bonchev–Trinajstić information content (AvgIpc) is 2.63. The van der Waals surface area contributed by atoms with E-state index in [-0.39, 0.29) is 12.3 Å². The Bertz CT molecular complexity index is 469. The molecule has 1 atom stereocenters. The van der Waals surface area contributed by atoms with Crippen molar-refractivity contribution in [2.75, 3.05) is 38.5 Å². The molecule has 0 spiro atoms. The van der Waals surface area contributed by atoms with Crippen LogP contribution in [-0.4, -0.2) is 68.9 Å². The van der Waals surface area contributed by atoms with Gasteiger partial charge in [-0.15, -0.1) is 0 Å². The van der Waals surface area contributed by atoms with Crippen molar-refractivity contribution >= 4 is 21.7 Å². The third-order valence-electron chi connectivity index (χ3n) is 3.77. The van der Waals surface area contributed by atoms with Crippen LogP contribution in [0.2, 0.25) is 0 Å². The molecule has 2 aliphatic rings. The van der Waals surface area contributed by atoms with Crippen LogP contribution < -0.4 is 10.6 Å². The number of nitrogens with one attached hydrogen (secondary N) is 2. The monoisotopic (exact) mass is 303 g/mol. The first-order chi connectivity index (χ1) is 9.50. The number of amides is 2. The van der Waals surface area contributed by atoms with Gasteiger partial charge in [0.25, 0.3) is 0 Å². The predicted octanol–water partition coefficient (Wildman–Crippen LogP) is -1.50. The summed E-state index contributed by atoms with van der Waals surface area (Å²) in [4.78, 5) is 25.3. The summed E-state index contributed by atoms with van der Waals surface area (Å²) in [6, 6.07) is 0.